The molecule has 18 heavy (non-hydrogen) atoms. The smallest absolute Gasteiger partial charge is 0.289 e. The average molecular weight is 250 g/mol. The summed E-state index contributed by atoms with van der Waals surface area (Å²) in [5.41, 5.74) is 0. The first-order chi connectivity index (χ1) is 8.61. The third-order valence-electron chi connectivity index (χ3n) is 3.23. The van der Waals surface area contributed by atoms with Crippen molar-refractivity contribution in [1.82, 2.24) is 9.80 Å². The summed E-state index contributed by atoms with van der Waals surface area (Å²) in [5, 5.41) is 0. The van der Waals surface area contributed by atoms with Gasteiger partial charge in [0.25, 0.3) is 5.91 Å². The molecule has 5 heteroatoms. The van der Waals surface area contributed by atoms with Gasteiger partial charge in [0, 0.05) is 39.5 Å². The number of rotatable bonds is 2. The molecule has 2 amide bonds. The normalized spacial score (nSPS) is 15.9. The van der Waals surface area contributed by atoms with E-state index in [2.05, 4.69) is 0 Å². The van der Waals surface area contributed by atoms with Crippen molar-refractivity contribution in [2.75, 3.05) is 26.2 Å². The first kappa shape index (κ1) is 12.7. The van der Waals surface area contributed by atoms with Gasteiger partial charge in [0.2, 0.25) is 5.91 Å². The lowest BCUT2D eigenvalue weighted by Gasteiger charge is -2.33. The molecule has 98 valence electrons. The third-order valence-corrected chi connectivity index (χ3v) is 3.23. The standard InChI is InChI=1S/C13H18N2O3/c1-3-11-4-5-12(18-11)13(17)15-8-6-14(7-9-15)10(2)16/h4-5H,3,6-9H2,1-2H3. The molecular formula is C13H18N2O3. The van der Waals surface area contributed by atoms with Crippen molar-refractivity contribution in [3.8, 4) is 0 Å². The highest BCUT2D eigenvalue weighted by Gasteiger charge is 2.24. The van der Waals surface area contributed by atoms with Crippen LogP contribution in [0.15, 0.2) is 16.5 Å². The molecule has 0 spiro atoms. The SMILES string of the molecule is CCc1ccc(C(=O)N2CCN(C(C)=O)CC2)o1. The second kappa shape index (κ2) is 5.25. The largest absolute Gasteiger partial charge is 0.456 e. The van der Waals surface area contributed by atoms with Gasteiger partial charge in [-0.25, -0.2) is 0 Å². The Morgan fingerprint density at radius 2 is 1.78 bits per heavy atom. The Labute approximate surface area is 106 Å². The molecule has 0 atom stereocenters. The van der Waals surface area contributed by atoms with Gasteiger partial charge in [0.15, 0.2) is 5.76 Å². The number of hydrogen-bond acceptors (Lipinski definition) is 3. The average Bonchev–Trinajstić information content (AvgIpc) is 2.86. The van der Waals surface area contributed by atoms with E-state index in [0.717, 1.165) is 12.2 Å². The summed E-state index contributed by atoms with van der Waals surface area (Å²) in [5.74, 6) is 1.19. The van der Waals surface area contributed by atoms with Gasteiger partial charge in [-0.1, -0.05) is 6.92 Å². The summed E-state index contributed by atoms with van der Waals surface area (Å²) < 4.78 is 5.45. The molecule has 0 bridgehead atoms. The number of aryl methyl sites for hydroxylation is 1. The number of furan rings is 1. The number of nitrogens with zero attached hydrogens (tertiary/aromatic N) is 2. The zero-order valence-corrected chi connectivity index (χ0v) is 10.8. The maximum Gasteiger partial charge on any atom is 0.289 e. The van der Waals surface area contributed by atoms with E-state index in [1.54, 1.807) is 22.8 Å². The molecule has 2 rings (SSSR count). The van der Waals surface area contributed by atoms with Crippen molar-refractivity contribution < 1.29 is 14.0 Å². The number of carbonyl (C=O) groups excluding carboxylic acids is 2. The van der Waals surface area contributed by atoms with Crippen LogP contribution in [-0.2, 0) is 11.2 Å². The Hall–Kier alpha value is -1.78. The van der Waals surface area contributed by atoms with E-state index in [0.29, 0.717) is 31.9 Å². The monoisotopic (exact) mass is 250 g/mol. The molecule has 0 aliphatic carbocycles. The second-order valence-electron chi connectivity index (χ2n) is 4.42. The molecular weight excluding hydrogens is 232 g/mol. The van der Waals surface area contributed by atoms with Crippen molar-refractivity contribution in [2.45, 2.75) is 20.3 Å². The zero-order chi connectivity index (χ0) is 13.1. The minimum absolute atomic E-state index is 0.0633. The van der Waals surface area contributed by atoms with Crippen LogP contribution < -0.4 is 0 Å². The Balaban J connectivity index is 1.97. The molecule has 1 aromatic heterocycles. The maximum atomic E-state index is 12.1. The van der Waals surface area contributed by atoms with Gasteiger partial charge in [0.05, 0.1) is 0 Å². The van der Waals surface area contributed by atoms with Crippen molar-refractivity contribution in [3.05, 3.63) is 23.7 Å². The molecule has 1 fully saturated rings. The highest BCUT2D eigenvalue weighted by molar-refractivity contribution is 5.91. The summed E-state index contributed by atoms with van der Waals surface area (Å²) in [7, 11) is 0. The van der Waals surface area contributed by atoms with Crippen molar-refractivity contribution in [2.24, 2.45) is 0 Å². The van der Waals surface area contributed by atoms with Crippen molar-refractivity contribution in [1.29, 1.82) is 0 Å². The lowest BCUT2D eigenvalue weighted by Crippen LogP contribution is -2.50. The van der Waals surface area contributed by atoms with Gasteiger partial charge in [-0.05, 0) is 12.1 Å². The lowest BCUT2D eigenvalue weighted by molar-refractivity contribution is -0.130. The Morgan fingerprint density at radius 1 is 1.17 bits per heavy atom. The fourth-order valence-corrected chi connectivity index (χ4v) is 2.06. The fraction of sp³-hybridized carbons (Fsp3) is 0.538. The summed E-state index contributed by atoms with van der Waals surface area (Å²) in [6, 6.07) is 3.55. The van der Waals surface area contributed by atoms with Gasteiger partial charge in [0.1, 0.15) is 5.76 Å². The highest BCUT2D eigenvalue weighted by Crippen LogP contribution is 2.13. The van der Waals surface area contributed by atoms with Crippen LogP contribution in [0.3, 0.4) is 0 Å². The minimum atomic E-state index is -0.0853. The van der Waals surface area contributed by atoms with Crippen LogP contribution in [0.1, 0.15) is 30.2 Å². The quantitative estimate of drug-likeness (QED) is 0.791. The van der Waals surface area contributed by atoms with E-state index in [-0.39, 0.29) is 11.8 Å². The van der Waals surface area contributed by atoms with Crippen LogP contribution >= 0.6 is 0 Å². The van der Waals surface area contributed by atoms with Gasteiger partial charge in [-0.15, -0.1) is 0 Å². The number of hydrogen-bond donors (Lipinski definition) is 0. The van der Waals surface area contributed by atoms with E-state index < -0.39 is 0 Å². The fourth-order valence-electron chi connectivity index (χ4n) is 2.06. The Morgan fingerprint density at radius 3 is 2.28 bits per heavy atom. The lowest BCUT2D eigenvalue weighted by atomic mass is 10.3. The first-order valence-electron chi connectivity index (χ1n) is 6.25. The van der Waals surface area contributed by atoms with Crippen LogP contribution in [0.25, 0.3) is 0 Å². The molecule has 5 nitrogen and oxygen atoms in total. The minimum Gasteiger partial charge on any atom is -0.456 e. The molecule has 1 aliphatic heterocycles. The topological polar surface area (TPSA) is 53.8 Å². The van der Waals surface area contributed by atoms with E-state index in [1.165, 1.54) is 0 Å². The summed E-state index contributed by atoms with van der Waals surface area (Å²) in [6.45, 7) is 5.88. The summed E-state index contributed by atoms with van der Waals surface area (Å²) in [6.07, 6.45) is 0.783. The van der Waals surface area contributed by atoms with Crippen molar-refractivity contribution in [3.63, 3.8) is 0 Å². The van der Waals surface area contributed by atoms with E-state index in [4.69, 9.17) is 4.42 Å². The maximum absolute atomic E-state index is 12.1. The molecule has 1 aromatic rings. The second-order valence-corrected chi connectivity index (χ2v) is 4.42. The van der Waals surface area contributed by atoms with Crippen LogP contribution in [-0.4, -0.2) is 47.8 Å². The number of amides is 2. The van der Waals surface area contributed by atoms with E-state index >= 15 is 0 Å². The van der Waals surface area contributed by atoms with Gasteiger partial charge in [-0.2, -0.15) is 0 Å². The van der Waals surface area contributed by atoms with Gasteiger partial charge < -0.3 is 14.2 Å². The van der Waals surface area contributed by atoms with Crippen LogP contribution in [0.4, 0.5) is 0 Å². The van der Waals surface area contributed by atoms with Crippen LogP contribution in [0.5, 0.6) is 0 Å². The molecule has 0 radical (unpaired) electrons. The van der Waals surface area contributed by atoms with Gasteiger partial charge >= 0.3 is 0 Å². The number of piperazine rings is 1. The van der Waals surface area contributed by atoms with E-state index in [1.807, 2.05) is 13.0 Å². The Kier molecular flexibility index (Phi) is 3.69. The van der Waals surface area contributed by atoms with Crippen LogP contribution in [0, 0.1) is 0 Å². The molecule has 0 unspecified atom stereocenters. The predicted molar refractivity (Wildman–Crippen MR) is 66.2 cm³/mol. The van der Waals surface area contributed by atoms with Crippen LogP contribution in [0.2, 0.25) is 0 Å². The first-order valence-corrected chi connectivity index (χ1v) is 6.25. The Bertz CT molecular complexity index is 445. The number of carbonyl (C=O) groups is 2. The third kappa shape index (κ3) is 2.55. The van der Waals surface area contributed by atoms with Crippen molar-refractivity contribution >= 4 is 11.8 Å². The zero-order valence-electron chi connectivity index (χ0n) is 10.8. The molecule has 2 heterocycles. The highest BCUT2D eigenvalue weighted by atomic mass is 16.4. The molecule has 0 saturated carbocycles. The predicted octanol–water partition coefficient (Wildman–Crippen LogP) is 1.15. The molecule has 0 aromatic carbocycles. The molecule has 1 saturated heterocycles. The summed E-state index contributed by atoms with van der Waals surface area (Å²) in [4.78, 5) is 26.8. The summed E-state index contributed by atoms with van der Waals surface area (Å²) >= 11 is 0. The molecule has 1 aliphatic rings. The molecule has 0 N–H and O–H groups in total. The van der Waals surface area contributed by atoms with E-state index in [9.17, 15) is 9.59 Å². The van der Waals surface area contributed by atoms with Gasteiger partial charge in [-0.3, -0.25) is 9.59 Å².